The van der Waals surface area contributed by atoms with Crippen molar-refractivity contribution in [2.24, 2.45) is 7.05 Å². The van der Waals surface area contributed by atoms with Gasteiger partial charge in [0.05, 0.1) is 5.69 Å². The van der Waals surface area contributed by atoms with Gasteiger partial charge in [0.15, 0.2) is 5.78 Å². The van der Waals surface area contributed by atoms with E-state index in [0.29, 0.717) is 18.5 Å². The van der Waals surface area contributed by atoms with Gasteiger partial charge in [-0.1, -0.05) is 44.5 Å². The molecule has 2 aromatic rings. The van der Waals surface area contributed by atoms with Crippen molar-refractivity contribution in [1.29, 1.82) is 0 Å². The highest BCUT2D eigenvalue weighted by Gasteiger charge is 2.21. The molecule has 0 N–H and O–H groups in total. The average molecular weight is 319 g/mol. The Hall–Kier alpha value is -1.61. The lowest BCUT2D eigenvalue weighted by molar-refractivity contribution is 0.0973. The number of benzene rings is 1. The lowest BCUT2D eigenvalue weighted by Crippen LogP contribution is -2.12. The van der Waals surface area contributed by atoms with Crippen LogP contribution in [0.3, 0.4) is 0 Å². The summed E-state index contributed by atoms with van der Waals surface area (Å²) < 4.78 is 1.69. The van der Waals surface area contributed by atoms with Crippen molar-refractivity contribution < 1.29 is 4.79 Å². The maximum atomic E-state index is 12.4. The molecule has 0 aliphatic heterocycles. The number of halogens is 1. The summed E-state index contributed by atoms with van der Waals surface area (Å²) in [5, 5.41) is 5.21. The first kappa shape index (κ1) is 16.8. The molecule has 0 radical (unpaired) electrons. The van der Waals surface area contributed by atoms with Crippen LogP contribution in [0.1, 0.15) is 54.5 Å². The minimum absolute atomic E-state index is 0.0548. The molecular formula is C18H23ClN2O. The fourth-order valence-electron chi connectivity index (χ4n) is 2.27. The van der Waals surface area contributed by atoms with Gasteiger partial charge in [-0.15, -0.1) is 0 Å². The molecule has 0 saturated heterocycles. The second-order valence-corrected chi connectivity index (χ2v) is 7.20. The van der Waals surface area contributed by atoms with Gasteiger partial charge in [-0.2, -0.15) is 5.10 Å². The van der Waals surface area contributed by atoms with Gasteiger partial charge in [0.25, 0.3) is 0 Å². The van der Waals surface area contributed by atoms with Crippen LogP contribution in [0.2, 0.25) is 5.02 Å². The number of carbonyl (C=O) groups is 1. The molecule has 0 bridgehead atoms. The molecule has 0 spiro atoms. The minimum Gasteiger partial charge on any atom is -0.292 e. The largest absolute Gasteiger partial charge is 0.292 e. The number of Topliss-reactive ketones (excluding diaryl/α,β-unsaturated/α-hetero) is 1. The summed E-state index contributed by atoms with van der Waals surface area (Å²) in [7, 11) is 1.82. The average Bonchev–Trinajstić information content (AvgIpc) is 2.82. The molecule has 3 nitrogen and oxygen atoms in total. The number of aromatic nitrogens is 2. The van der Waals surface area contributed by atoms with E-state index in [9.17, 15) is 4.79 Å². The first-order valence-corrected chi connectivity index (χ1v) is 7.89. The molecule has 0 aliphatic carbocycles. The van der Waals surface area contributed by atoms with Crippen LogP contribution in [-0.4, -0.2) is 15.6 Å². The van der Waals surface area contributed by atoms with Crippen molar-refractivity contribution in [2.75, 3.05) is 0 Å². The van der Waals surface area contributed by atoms with E-state index in [-0.39, 0.29) is 11.2 Å². The second kappa shape index (κ2) is 6.25. The first-order valence-electron chi connectivity index (χ1n) is 7.51. The molecule has 0 amide bonds. The molecule has 1 aromatic heterocycles. The van der Waals surface area contributed by atoms with Crippen molar-refractivity contribution in [2.45, 2.75) is 46.0 Å². The Labute approximate surface area is 137 Å². The van der Waals surface area contributed by atoms with Gasteiger partial charge in [0.2, 0.25) is 0 Å². The van der Waals surface area contributed by atoms with E-state index in [2.05, 4.69) is 25.9 Å². The lowest BCUT2D eigenvalue weighted by Gasteiger charge is -2.13. The topological polar surface area (TPSA) is 34.9 Å². The van der Waals surface area contributed by atoms with Crippen molar-refractivity contribution in [3.8, 4) is 0 Å². The van der Waals surface area contributed by atoms with E-state index in [1.54, 1.807) is 4.68 Å². The highest BCUT2D eigenvalue weighted by molar-refractivity contribution is 6.31. The Bertz CT molecular complexity index is 696. The van der Waals surface area contributed by atoms with Gasteiger partial charge in [0.1, 0.15) is 5.69 Å². The quantitative estimate of drug-likeness (QED) is 0.778. The zero-order valence-corrected chi connectivity index (χ0v) is 14.7. The Kier molecular flexibility index (Phi) is 4.76. The number of rotatable bonds is 4. The molecule has 2 rings (SSSR count). The van der Waals surface area contributed by atoms with Crippen molar-refractivity contribution in [3.05, 3.63) is 51.8 Å². The van der Waals surface area contributed by atoms with Crippen LogP contribution in [0.15, 0.2) is 24.3 Å². The maximum absolute atomic E-state index is 12.4. The predicted octanol–water partition coefficient (Wildman–Crippen LogP) is 4.49. The number of aryl methyl sites for hydroxylation is 3. The minimum atomic E-state index is -0.0548. The third kappa shape index (κ3) is 3.77. The normalized spacial score (nSPS) is 11.7. The molecule has 118 valence electrons. The Morgan fingerprint density at radius 1 is 1.27 bits per heavy atom. The summed E-state index contributed by atoms with van der Waals surface area (Å²) in [6, 6.07) is 7.86. The monoisotopic (exact) mass is 318 g/mol. The zero-order valence-electron chi connectivity index (χ0n) is 13.9. The third-order valence-electron chi connectivity index (χ3n) is 3.81. The van der Waals surface area contributed by atoms with Crippen molar-refractivity contribution >= 4 is 17.4 Å². The van der Waals surface area contributed by atoms with Crippen LogP contribution in [0.25, 0.3) is 0 Å². The molecule has 0 unspecified atom stereocenters. The summed E-state index contributed by atoms with van der Waals surface area (Å²) in [6.45, 7) is 8.26. The van der Waals surface area contributed by atoms with Crippen LogP contribution in [0.4, 0.5) is 0 Å². The summed E-state index contributed by atoms with van der Waals surface area (Å²) in [5.41, 5.74) is 3.70. The van der Waals surface area contributed by atoms with Crippen LogP contribution in [0.5, 0.6) is 0 Å². The van der Waals surface area contributed by atoms with E-state index in [0.717, 1.165) is 21.8 Å². The van der Waals surface area contributed by atoms with Gasteiger partial charge < -0.3 is 0 Å². The Balaban J connectivity index is 2.09. The number of hydrogen-bond donors (Lipinski definition) is 0. The highest BCUT2D eigenvalue weighted by atomic mass is 35.5. The number of carbonyl (C=O) groups excluding carboxylic acids is 1. The van der Waals surface area contributed by atoms with E-state index in [1.165, 1.54) is 0 Å². The zero-order chi connectivity index (χ0) is 16.5. The molecule has 1 heterocycles. The van der Waals surface area contributed by atoms with Gasteiger partial charge in [-0.05, 0) is 36.6 Å². The van der Waals surface area contributed by atoms with Crippen molar-refractivity contribution in [3.63, 3.8) is 0 Å². The summed E-state index contributed by atoms with van der Waals surface area (Å²) in [4.78, 5) is 12.4. The second-order valence-electron chi connectivity index (χ2n) is 6.80. The predicted molar refractivity (Wildman–Crippen MR) is 90.7 cm³/mol. The van der Waals surface area contributed by atoms with Gasteiger partial charge in [-0.3, -0.25) is 9.48 Å². The SMILES string of the molecule is Cc1ccc(CCC(=O)c2cc(C(C)(C)C)nn2C)cc1Cl. The number of hydrogen-bond acceptors (Lipinski definition) is 2. The summed E-state index contributed by atoms with van der Waals surface area (Å²) in [6.07, 6.45) is 1.15. The van der Waals surface area contributed by atoms with Crippen LogP contribution in [0, 0.1) is 6.92 Å². The van der Waals surface area contributed by atoms with Crippen LogP contribution < -0.4 is 0 Å². The fourth-order valence-corrected chi connectivity index (χ4v) is 2.48. The fraction of sp³-hybridized carbons (Fsp3) is 0.444. The molecule has 0 aliphatic rings. The van der Waals surface area contributed by atoms with E-state index in [4.69, 9.17) is 11.6 Å². The number of ketones is 1. The van der Waals surface area contributed by atoms with Crippen LogP contribution >= 0.6 is 11.6 Å². The van der Waals surface area contributed by atoms with Gasteiger partial charge in [-0.25, -0.2) is 0 Å². The Morgan fingerprint density at radius 2 is 1.95 bits per heavy atom. The standard InChI is InChI=1S/C18H23ClN2O/c1-12-6-7-13(10-14(12)19)8-9-16(22)15-11-17(18(2,3)4)20-21(15)5/h6-7,10-11H,8-9H2,1-5H3. The maximum Gasteiger partial charge on any atom is 0.181 e. The van der Waals surface area contributed by atoms with Gasteiger partial charge in [0, 0.05) is 23.9 Å². The molecule has 1 aromatic carbocycles. The van der Waals surface area contributed by atoms with Gasteiger partial charge >= 0.3 is 0 Å². The van der Waals surface area contributed by atoms with E-state index < -0.39 is 0 Å². The first-order chi connectivity index (χ1) is 10.2. The summed E-state index contributed by atoms with van der Waals surface area (Å²) in [5.74, 6) is 0.113. The molecule has 0 saturated carbocycles. The third-order valence-corrected chi connectivity index (χ3v) is 4.22. The van der Waals surface area contributed by atoms with E-state index >= 15 is 0 Å². The molecule has 0 fully saturated rings. The molecule has 4 heteroatoms. The summed E-state index contributed by atoms with van der Waals surface area (Å²) >= 11 is 6.13. The molecule has 22 heavy (non-hydrogen) atoms. The Morgan fingerprint density at radius 3 is 2.50 bits per heavy atom. The van der Waals surface area contributed by atoms with E-state index in [1.807, 2.05) is 38.2 Å². The molecular weight excluding hydrogens is 296 g/mol. The lowest BCUT2D eigenvalue weighted by atomic mass is 9.92. The number of nitrogens with zero attached hydrogens (tertiary/aromatic N) is 2. The van der Waals surface area contributed by atoms with Crippen molar-refractivity contribution in [1.82, 2.24) is 9.78 Å². The smallest absolute Gasteiger partial charge is 0.181 e. The molecule has 0 atom stereocenters. The van der Waals surface area contributed by atoms with Crippen LogP contribution in [-0.2, 0) is 18.9 Å². The highest BCUT2D eigenvalue weighted by Crippen LogP contribution is 2.22.